The van der Waals surface area contributed by atoms with E-state index < -0.39 is 0 Å². The van der Waals surface area contributed by atoms with Crippen LogP contribution in [-0.2, 0) is 9.53 Å². The molecule has 0 saturated heterocycles. The normalized spacial score (nSPS) is 10.3. The van der Waals surface area contributed by atoms with Crippen LogP contribution in [0.1, 0.15) is 17.8 Å². The van der Waals surface area contributed by atoms with Crippen molar-refractivity contribution in [2.45, 2.75) is 20.3 Å². The Morgan fingerprint density at radius 2 is 2.15 bits per heavy atom. The smallest absolute Gasteiger partial charge is 0.307 e. The largest absolute Gasteiger partial charge is 0.469 e. The summed E-state index contributed by atoms with van der Waals surface area (Å²) in [7, 11) is 1.39. The maximum Gasteiger partial charge on any atom is 0.307 e. The predicted molar refractivity (Wildman–Crippen MR) is 78.2 cm³/mol. The van der Waals surface area contributed by atoms with E-state index in [-0.39, 0.29) is 5.97 Å². The lowest BCUT2D eigenvalue weighted by atomic mass is 10.2. The van der Waals surface area contributed by atoms with Gasteiger partial charge in [0.05, 0.1) is 24.9 Å². The first-order chi connectivity index (χ1) is 9.60. The number of ether oxygens (including phenoxy) is 1. The number of aryl methyl sites for hydroxylation is 2. The number of benzene rings is 1. The summed E-state index contributed by atoms with van der Waals surface area (Å²) < 4.78 is 6.51. The van der Waals surface area contributed by atoms with Gasteiger partial charge in [-0.2, -0.15) is 5.10 Å². The highest BCUT2D eigenvalue weighted by atomic mass is 16.5. The van der Waals surface area contributed by atoms with Gasteiger partial charge in [-0.1, -0.05) is 6.07 Å². The summed E-state index contributed by atoms with van der Waals surface area (Å²) in [5.41, 5.74) is 4.04. The van der Waals surface area contributed by atoms with Crippen LogP contribution >= 0.6 is 0 Å². The zero-order valence-electron chi connectivity index (χ0n) is 12.0. The van der Waals surface area contributed by atoms with Crippen molar-refractivity contribution < 1.29 is 9.53 Å². The third kappa shape index (κ3) is 3.38. The third-order valence-electron chi connectivity index (χ3n) is 2.99. The van der Waals surface area contributed by atoms with Gasteiger partial charge < -0.3 is 10.1 Å². The van der Waals surface area contributed by atoms with Gasteiger partial charge in [-0.3, -0.25) is 4.79 Å². The first kappa shape index (κ1) is 14.1. The van der Waals surface area contributed by atoms with E-state index in [0.29, 0.717) is 13.0 Å². The molecule has 2 aromatic rings. The fourth-order valence-corrected chi connectivity index (χ4v) is 2.05. The van der Waals surface area contributed by atoms with Crippen LogP contribution < -0.4 is 5.32 Å². The Morgan fingerprint density at radius 1 is 1.35 bits per heavy atom. The highest BCUT2D eigenvalue weighted by molar-refractivity contribution is 5.69. The van der Waals surface area contributed by atoms with Crippen LogP contribution in [0.4, 0.5) is 5.69 Å². The van der Waals surface area contributed by atoms with E-state index in [1.54, 1.807) is 0 Å². The van der Waals surface area contributed by atoms with Crippen molar-refractivity contribution in [3.8, 4) is 5.69 Å². The topological polar surface area (TPSA) is 56.1 Å². The lowest BCUT2D eigenvalue weighted by Crippen LogP contribution is -2.10. The van der Waals surface area contributed by atoms with E-state index in [2.05, 4.69) is 15.2 Å². The van der Waals surface area contributed by atoms with Gasteiger partial charge in [0, 0.05) is 17.9 Å². The van der Waals surface area contributed by atoms with Gasteiger partial charge in [0.1, 0.15) is 0 Å². The summed E-state index contributed by atoms with van der Waals surface area (Å²) in [6, 6.07) is 9.98. The second-order valence-corrected chi connectivity index (χ2v) is 4.64. The number of nitrogens with one attached hydrogen (secondary N) is 1. The van der Waals surface area contributed by atoms with Crippen LogP contribution in [0.3, 0.4) is 0 Å². The van der Waals surface area contributed by atoms with Gasteiger partial charge in [0.15, 0.2) is 0 Å². The van der Waals surface area contributed by atoms with Gasteiger partial charge in [0.25, 0.3) is 0 Å². The average molecular weight is 273 g/mol. The molecule has 106 valence electrons. The van der Waals surface area contributed by atoms with Crippen molar-refractivity contribution >= 4 is 11.7 Å². The minimum atomic E-state index is -0.216. The molecule has 0 aliphatic carbocycles. The molecule has 5 nitrogen and oxygen atoms in total. The molecule has 0 radical (unpaired) electrons. The molecule has 0 spiro atoms. The molecule has 1 N–H and O–H groups in total. The quantitative estimate of drug-likeness (QED) is 0.850. The van der Waals surface area contributed by atoms with E-state index in [1.165, 1.54) is 7.11 Å². The number of methoxy groups -OCH3 is 1. The number of aromatic nitrogens is 2. The van der Waals surface area contributed by atoms with E-state index in [1.807, 2.05) is 48.9 Å². The molecule has 0 aliphatic rings. The summed E-state index contributed by atoms with van der Waals surface area (Å²) in [4.78, 5) is 11.1. The van der Waals surface area contributed by atoms with Crippen molar-refractivity contribution in [2.75, 3.05) is 19.0 Å². The Kier molecular flexibility index (Phi) is 4.40. The molecule has 0 atom stereocenters. The minimum Gasteiger partial charge on any atom is -0.469 e. The number of hydrogen-bond acceptors (Lipinski definition) is 4. The minimum absolute atomic E-state index is 0.216. The number of hydrogen-bond donors (Lipinski definition) is 1. The Labute approximate surface area is 118 Å². The van der Waals surface area contributed by atoms with Crippen LogP contribution in [0.25, 0.3) is 5.69 Å². The van der Waals surface area contributed by atoms with Crippen LogP contribution in [0, 0.1) is 13.8 Å². The Balaban J connectivity index is 2.08. The SMILES string of the molecule is COC(=O)CCNc1cccc(-n2nc(C)cc2C)c1. The zero-order chi connectivity index (χ0) is 14.5. The summed E-state index contributed by atoms with van der Waals surface area (Å²) in [5, 5.41) is 7.66. The van der Waals surface area contributed by atoms with Crippen LogP contribution in [0.15, 0.2) is 30.3 Å². The molecular weight excluding hydrogens is 254 g/mol. The van der Waals surface area contributed by atoms with E-state index in [0.717, 1.165) is 22.8 Å². The molecule has 0 aliphatic heterocycles. The highest BCUT2D eigenvalue weighted by Crippen LogP contribution is 2.16. The summed E-state index contributed by atoms with van der Waals surface area (Å²) in [5.74, 6) is -0.216. The van der Waals surface area contributed by atoms with Gasteiger partial charge in [-0.25, -0.2) is 4.68 Å². The summed E-state index contributed by atoms with van der Waals surface area (Å²) in [6.07, 6.45) is 0.348. The van der Waals surface area contributed by atoms with Crippen LogP contribution in [0.5, 0.6) is 0 Å². The lowest BCUT2D eigenvalue weighted by Gasteiger charge is -2.09. The number of carbonyl (C=O) groups excluding carboxylic acids is 1. The fourth-order valence-electron chi connectivity index (χ4n) is 2.05. The standard InChI is InChI=1S/C15H19N3O2/c1-11-9-12(2)18(17-11)14-6-4-5-13(10-14)16-8-7-15(19)20-3/h4-6,9-10,16H,7-8H2,1-3H3. The molecule has 20 heavy (non-hydrogen) atoms. The maximum atomic E-state index is 11.1. The van der Waals surface area contributed by atoms with Gasteiger partial charge >= 0.3 is 5.97 Å². The third-order valence-corrected chi connectivity index (χ3v) is 2.99. The zero-order valence-corrected chi connectivity index (χ0v) is 12.0. The maximum absolute atomic E-state index is 11.1. The number of rotatable bonds is 5. The van der Waals surface area contributed by atoms with Crippen molar-refractivity contribution in [3.05, 3.63) is 41.7 Å². The molecule has 5 heteroatoms. The number of nitrogens with zero attached hydrogens (tertiary/aromatic N) is 2. The first-order valence-electron chi connectivity index (χ1n) is 6.54. The van der Waals surface area contributed by atoms with E-state index in [4.69, 9.17) is 0 Å². The van der Waals surface area contributed by atoms with Crippen LogP contribution in [0.2, 0.25) is 0 Å². The molecule has 0 fully saturated rings. The van der Waals surface area contributed by atoms with Crippen molar-refractivity contribution in [3.63, 3.8) is 0 Å². The Bertz CT molecular complexity index is 605. The average Bonchev–Trinajstić information content (AvgIpc) is 2.78. The highest BCUT2D eigenvalue weighted by Gasteiger charge is 2.05. The second kappa shape index (κ2) is 6.23. The molecule has 0 amide bonds. The fraction of sp³-hybridized carbons (Fsp3) is 0.333. The van der Waals surface area contributed by atoms with E-state index >= 15 is 0 Å². The molecule has 1 aromatic carbocycles. The first-order valence-corrected chi connectivity index (χ1v) is 6.54. The van der Waals surface area contributed by atoms with Crippen molar-refractivity contribution in [1.82, 2.24) is 9.78 Å². The summed E-state index contributed by atoms with van der Waals surface area (Å²) in [6.45, 7) is 4.55. The lowest BCUT2D eigenvalue weighted by molar-refractivity contribution is -0.140. The molecule has 0 saturated carbocycles. The number of anilines is 1. The number of esters is 1. The van der Waals surface area contributed by atoms with Crippen LogP contribution in [-0.4, -0.2) is 29.4 Å². The predicted octanol–water partition coefficient (Wildman–Crippen LogP) is 2.46. The Morgan fingerprint density at radius 3 is 2.80 bits per heavy atom. The van der Waals surface area contributed by atoms with Gasteiger partial charge in [-0.15, -0.1) is 0 Å². The van der Waals surface area contributed by atoms with E-state index in [9.17, 15) is 4.79 Å². The van der Waals surface area contributed by atoms with Gasteiger partial charge in [-0.05, 0) is 38.1 Å². The second-order valence-electron chi connectivity index (χ2n) is 4.64. The molecule has 2 rings (SSSR count). The molecule has 0 bridgehead atoms. The van der Waals surface area contributed by atoms with Gasteiger partial charge in [0.2, 0.25) is 0 Å². The molecule has 0 unspecified atom stereocenters. The van der Waals surface area contributed by atoms with Crippen molar-refractivity contribution in [2.24, 2.45) is 0 Å². The monoisotopic (exact) mass is 273 g/mol. The summed E-state index contributed by atoms with van der Waals surface area (Å²) >= 11 is 0. The number of carbonyl (C=O) groups is 1. The molecule has 1 heterocycles. The molecular formula is C15H19N3O2. The molecule has 1 aromatic heterocycles. The Hall–Kier alpha value is -2.30. The van der Waals surface area contributed by atoms with Crippen molar-refractivity contribution in [1.29, 1.82) is 0 Å².